The van der Waals surface area contributed by atoms with Gasteiger partial charge in [-0.3, -0.25) is 9.59 Å². The predicted octanol–water partition coefficient (Wildman–Crippen LogP) is 2.52. The number of pyridine rings is 1. The van der Waals surface area contributed by atoms with E-state index in [1.165, 1.54) is 6.20 Å². The molecule has 2 aliphatic heterocycles. The fourth-order valence-corrected chi connectivity index (χ4v) is 5.29. The molecule has 0 radical (unpaired) electrons. The largest absolute Gasteiger partial charge is 0.483 e. The predicted molar refractivity (Wildman–Crippen MR) is 104 cm³/mol. The first-order valence-corrected chi connectivity index (χ1v) is 9.98. The van der Waals surface area contributed by atoms with E-state index in [2.05, 4.69) is 0 Å². The van der Waals surface area contributed by atoms with Crippen molar-refractivity contribution >= 4 is 11.9 Å². The normalized spacial score (nSPS) is 24.8. The Balaban J connectivity index is 1.61. The smallest absolute Gasteiger partial charge is 0.341 e. The molecule has 2 bridgehead atoms. The maximum atomic E-state index is 13.4. The third kappa shape index (κ3) is 2.75. The summed E-state index contributed by atoms with van der Waals surface area (Å²) in [6.07, 6.45) is 5.34. The summed E-state index contributed by atoms with van der Waals surface area (Å²) in [5.74, 6) is -1.22. The van der Waals surface area contributed by atoms with Crippen molar-refractivity contribution in [2.45, 2.75) is 44.4 Å². The third-order valence-electron chi connectivity index (χ3n) is 6.54. The lowest BCUT2D eigenvalue weighted by atomic mass is 9.79. The van der Waals surface area contributed by atoms with E-state index in [0.29, 0.717) is 19.0 Å². The maximum absolute atomic E-state index is 13.4. The van der Waals surface area contributed by atoms with Gasteiger partial charge < -0.3 is 19.3 Å². The number of amides is 1. The van der Waals surface area contributed by atoms with Gasteiger partial charge in [0, 0.05) is 19.3 Å². The molecular formula is C22H22N2O5. The summed E-state index contributed by atoms with van der Waals surface area (Å²) in [6.45, 7) is 1.30. The number of carbonyl (C=O) groups excluding carboxylic acids is 1. The van der Waals surface area contributed by atoms with Gasteiger partial charge in [0.15, 0.2) is 11.4 Å². The van der Waals surface area contributed by atoms with E-state index in [1.54, 1.807) is 4.57 Å². The van der Waals surface area contributed by atoms with Gasteiger partial charge in [0.25, 0.3) is 5.91 Å². The van der Waals surface area contributed by atoms with Crippen molar-refractivity contribution in [3.8, 4) is 5.75 Å². The van der Waals surface area contributed by atoms with Crippen molar-refractivity contribution in [1.82, 2.24) is 9.47 Å². The third-order valence-corrected chi connectivity index (χ3v) is 6.54. The average Bonchev–Trinajstić information content (AvgIpc) is 2.97. The molecule has 1 aromatic heterocycles. The van der Waals surface area contributed by atoms with Gasteiger partial charge in [0.1, 0.15) is 12.2 Å². The molecule has 2 unspecified atom stereocenters. The van der Waals surface area contributed by atoms with Crippen LogP contribution in [0.15, 0.2) is 41.3 Å². The number of carboxylic acid groups (broad SMARTS) is 1. The van der Waals surface area contributed by atoms with Gasteiger partial charge in [0.05, 0.1) is 5.54 Å². The summed E-state index contributed by atoms with van der Waals surface area (Å²) < 4.78 is 7.45. The van der Waals surface area contributed by atoms with Crippen LogP contribution in [0.25, 0.3) is 0 Å². The van der Waals surface area contributed by atoms with Gasteiger partial charge >= 0.3 is 5.97 Å². The molecule has 1 amide bonds. The lowest BCUT2D eigenvalue weighted by molar-refractivity contribution is 0.0414. The monoisotopic (exact) mass is 394 g/mol. The van der Waals surface area contributed by atoms with Crippen molar-refractivity contribution in [1.29, 1.82) is 0 Å². The fourth-order valence-electron chi connectivity index (χ4n) is 5.29. The molecule has 1 saturated carbocycles. The SMILES string of the molecule is O=C(O)c1cn2c(c(OCc3ccccc3)c1=O)C(=O)N1CC3CCCC1(C3)C2. The van der Waals surface area contributed by atoms with Crippen LogP contribution in [-0.2, 0) is 13.2 Å². The Kier molecular flexibility index (Phi) is 4.01. The van der Waals surface area contributed by atoms with Crippen LogP contribution in [-0.4, -0.2) is 38.5 Å². The number of hydrogen-bond acceptors (Lipinski definition) is 4. The number of aromatic nitrogens is 1. The summed E-state index contributed by atoms with van der Waals surface area (Å²) >= 11 is 0. The highest BCUT2D eigenvalue weighted by atomic mass is 16.5. The molecule has 150 valence electrons. The topological polar surface area (TPSA) is 88.8 Å². The van der Waals surface area contributed by atoms with Gasteiger partial charge in [0.2, 0.25) is 5.43 Å². The zero-order chi connectivity index (χ0) is 20.2. The lowest BCUT2D eigenvalue weighted by Gasteiger charge is -2.44. The van der Waals surface area contributed by atoms with E-state index in [1.807, 2.05) is 35.2 Å². The van der Waals surface area contributed by atoms with E-state index < -0.39 is 11.4 Å². The summed E-state index contributed by atoms with van der Waals surface area (Å²) in [5.41, 5.74) is -0.364. The lowest BCUT2D eigenvalue weighted by Crippen LogP contribution is -2.55. The Morgan fingerprint density at radius 3 is 2.79 bits per heavy atom. The molecule has 7 heteroatoms. The molecule has 1 N–H and O–H groups in total. The molecule has 7 nitrogen and oxygen atoms in total. The first-order valence-electron chi connectivity index (χ1n) is 9.98. The van der Waals surface area contributed by atoms with Gasteiger partial charge in [-0.25, -0.2) is 4.79 Å². The Hall–Kier alpha value is -3.09. The number of fused-ring (bicyclic) bond motifs is 2. The molecular weight excluding hydrogens is 372 g/mol. The second kappa shape index (κ2) is 6.47. The Labute approximate surface area is 167 Å². The van der Waals surface area contributed by atoms with Crippen molar-refractivity contribution in [2.24, 2.45) is 5.92 Å². The molecule has 1 spiro atoms. The first kappa shape index (κ1) is 18.0. The highest BCUT2D eigenvalue weighted by Gasteiger charge is 2.54. The van der Waals surface area contributed by atoms with Gasteiger partial charge in [-0.1, -0.05) is 36.8 Å². The first-order chi connectivity index (χ1) is 14.0. The average molecular weight is 394 g/mol. The second-order valence-electron chi connectivity index (χ2n) is 8.36. The summed E-state index contributed by atoms with van der Waals surface area (Å²) in [6, 6.07) is 9.29. The van der Waals surface area contributed by atoms with E-state index in [-0.39, 0.29) is 35.1 Å². The van der Waals surface area contributed by atoms with E-state index >= 15 is 0 Å². The van der Waals surface area contributed by atoms with E-state index in [0.717, 1.165) is 31.2 Å². The van der Waals surface area contributed by atoms with Gasteiger partial charge in [-0.05, 0) is 30.7 Å². The number of rotatable bonds is 4. The summed E-state index contributed by atoms with van der Waals surface area (Å²) in [5, 5.41) is 9.54. The molecule has 2 aromatic rings. The number of carbonyl (C=O) groups is 2. The van der Waals surface area contributed by atoms with Gasteiger partial charge in [-0.15, -0.1) is 0 Å². The quantitative estimate of drug-likeness (QED) is 0.861. The van der Waals surface area contributed by atoms with Crippen LogP contribution in [0.1, 0.15) is 52.1 Å². The molecule has 1 aliphatic carbocycles. The second-order valence-corrected chi connectivity index (χ2v) is 8.36. The van der Waals surface area contributed by atoms with Crippen molar-refractivity contribution in [2.75, 3.05) is 6.54 Å². The molecule has 29 heavy (non-hydrogen) atoms. The van der Waals surface area contributed by atoms with Crippen LogP contribution < -0.4 is 10.2 Å². The zero-order valence-corrected chi connectivity index (χ0v) is 16.0. The summed E-state index contributed by atoms with van der Waals surface area (Å²) in [4.78, 5) is 39.9. The Bertz CT molecular complexity index is 1060. The number of nitrogens with zero attached hydrogens (tertiary/aromatic N) is 2. The van der Waals surface area contributed by atoms with Crippen LogP contribution >= 0.6 is 0 Å². The number of carboxylic acids is 1. The number of hydrogen-bond donors (Lipinski definition) is 1. The highest BCUT2D eigenvalue weighted by Crippen LogP contribution is 2.48. The minimum Gasteiger partial charge on any atom is -0.483 e. The molecule has 3 heterocycles. The van der Waals surface area contributed by atoms with Crippen LogP contribution in [0.2, 0.25) is 0 Å². The molecule has 2 atom stereocenters. The Morgan fingerprint density at radius 2 is 2.03 bits per heavy atom. The molecule has 3 aliphatic rings. The van der Waals surface area contributed by atoms with Crippen molar-refractivity contribution in [3.05, 3.63) is 63.6 Å². The van der Waals surface area contributed by atoms with Crippen molar-refractivity contribution in [3.63, 3.8) is 0 Å². The Morgan fingerprint density at radius 1 is 1.24 bits per heavy atom. The number of ether oxygens (including phenoxy) is 1. The van der Waals surface area contributed by atoms with E-state index in [4.69, 9.17) is 4.74 Å². The minimum absolute atomic E-state index is 0.0905. The molecule has 1 aromatic carbocycles. The summed E-state index contributed by atoms with van der Waals surface area (Å²) in [7, 11) is 0. The highest BCUT2D eigenvalue weighted by molar-refractivity contribution is 5.98. The number of benzene rings is 1. The number of aromatic carboxylic acids is 1. The van der Waals surface area contributed by atoms with Crippen LogP contribution in [0.3, 0.4) is 0 Å². The van der Waals surface area contributed by atoms with Crippen LogP contribution in [0, 0.1) is 5.92 Å². The van der Waals surface area contributed by atoms with Crippen LogP contribution in [0.5, 0.6) is 5.75 Å². The van der Waals surface area contributed by atoms with E-state index in [9.17, 15) is 19.5 Å². The minimum atomic E-state index is -1.31. The van der Waals surface area contributed by atoms with Crippen LogP contribution in [0.4, 0.5) is 0 Å². The zero-order valence-electron chi connectivity index (χ0n) is 16.0. The molecule has 2 fully saturated rings. The molecule has 5 rings (SSSR count). The maximum Gasteiger partial charge on any atom is 0.341 e. The molecule has 1 saturated heterocycles. The fraction of sp³-hybridized carbons (Fsp3) is 0.409. The van der Waals surface area contributed by atoms with Gasteiger partial charge in [-0.2, -0.15) is 0 Å². The standard InChI is InChI=1S/C22H22N2O5/c25-18-16(21(27)28)11-23-13-22-8-4-7-15(9-22)10-24(22)20(26)17(23)19(18)29-12-14-5-2-1-3-6-14/h1-3,5-6,11,15H,4,7-10,12-13H2,(H,27,28). The van der Waals surface area contributed by atoms with Crippen molar-refractivity contribution < 1.29 is 19.4 Å².